The quantitative estimate of drug-likeness (QED) is 0.532. The van der Waals surface area contributed by atoms with Crippen molar-refractivity contribution in [3.05, 3.63) is 18.5 Å². The third-order valence-corrected chi connectivity index (χ3v) is 1.85. The summed E-state index contributed by atoms with van der Waals surface area (Å²) in [6.45, 7) is 0. The fourth-order valence-corrected chi connectivity index (χ4v) is 1.07. The molecule has 0 saturated carbocycles. The van der Waals surface area contributed by atoms with E-state index >= 15 is 0 Å². The Bertz CT molecular complexity index is 236. The van der Waals surface area contributed by atoms with E-state index in [1.807, 2.05) is 0 Å². The Morgan fingerprint density at radius 3 is 2.33 bits per heavy atom. The summed E-state index contributed by atoms with van der Waals surface area (Å²) in [6, 6.07) is 1.55. The molecule has 0 aromatic carbocycles. The summed E-state index contributed by atoms with van der Waals surface area (Å²) in [5.74, 6) is -0.947. The number of hydrogen-bond acceptors (Lipinski definition) is 3. The predicted octanol–water partition coefficient (Wildman–Crippen LogP) is 2.13. The lowest BCUT2D eigenvalue weighted by Gasteiger charge is -2.03. The Hall–Kier alpha value is -0.780. The second kappa shape index (κ2) is 3.75. The molecule has 0 aliphatic rings. The van der Waals surface area contributed by atoms with Gasteiger partial charge in [0.1, 0.15) is 0 Å². The minimum atomic E-state index is -4.16. The Balaban J connectivity index is 2.44. The van der Waals surface area contributed by atoms with Crippen LogP contribution in [0.4, 0.5) is 13.2 Å². The van der Waals surface area contributed by atoms with Crippen molar-refractivity contribution >= 4 is 11.8 Å². The van der Waals surface area contributed by atoms with Crippen LogP contribution in [0.1, 0.15) is 0 Å². The van der Waals surface area contributed by atoms with Crippen LogP contribution in [0.15, 0.2) is 23.6 Å². The summed E-state index contributed by atoms with van der Waals surface area (Å²) in [5.41, 5.74) is 0. The molecular weight excluding hydrogens is 189 g/mol. The van der Waals surface area contributed by atoms with Gasteiger partial charge in [-0.15, -0.1) is 0 Å². The normalized spacial score (nSPS) is 11.6. The zero-order chi connectivity index (χ0) is 9.03. The third kappa shape index (κ3) is 3.56. The van der Waals surface area contributed by atoms with Crippen LogP contribution in [0.2, 0.25) is 0 Å². The first-order valence-corrected chi connectivity index (χ1v) is 4.03. The molecule has 0 fully saturated rings. The first kappa shape index (κ1) is 9.31. The number of rotatable bonds is 2. The van der Waals surface area contributed by atoms with Gasteiger partial charge in [0.05, 0.1) is 5.75 Å². The van der Waals surface area contributed by atoms with Gasteiger partial charge in [-0.1, -0.05) is 11.8 Å². The highest BCUT2D eigenvalue weighted by Gasteiger charge is 2.27. The molecule has 0 amide bonds. The molecule has 2 nitrogen and oxygen atoms in total. The van der Waals surface area contributed by atoms with Crippen molar-refractivity contribution in [2.45, 2.75) is 11.3 Å². The van der Waals surface area contributed by atoms with Gasteiger partial charge in [0.15, 0.2) is 5.16 Å². The zero-order valence-corrected chi connectivity index (χ0v) is 6.69. The van der Waals surface area contributed by atoms with E-state index in [1.54, 1.807) is 6.07 Å². The van der Waals surface area contributed by atoms with Gasteiger partial charge in [-0.25, -0.2) is 9.97 Å². The average Bonchev–Trinajstić information content (AvgIpc) is 2.02. The molecule has 0 bridgehead atoms. The molecule has 0 spiro atoms. The maximum Gasteiger partial charge on any atom is 0.398 e. The molecule has 0 aliphatic heterocycles. The first-order valence-electron chi connectivity index (χ1n) is 3.04. The highest BCUT2D eigenvalue weighted by atomic mass is 32.2. The van der Waals surface area contributed by atoms with E-state index in [0.29, 0.717) is 11.8 Å². The molecule has 1 rings (SSSR count). The second-order valence-electron chi connectivity index (χ2n) is 1.94. The molecule has 1 aromatic heterocycles. The lowest BCUT2D eigenvalue weighted by molar-refractivity contribution is -0.105. The molecule has 0 radical (unpaired) electrons. The number of alkyl halides is 3. The van der Waals surface area contributed by atoms with Crippen molar-refractivity contribution in [2.24, 2.45) is 0 Å². The zero-order valence-electron chi connectivity index (χ0n) is 5.88. The molecule has 1 aromatic rings. The number of thioether (sulfide) groups is 1. The average molecular weight is 194 g/mol. The number of nitrogens with zero attached hydrogens (tertiary/aromatic N) is 2. The van der Waals surface area contributed by atoms with Crippen LogP contribution in [0.3, 0.4) is 0 Å². The standard InChI is InChI=1S/C6H5F3N2S/c7-6(8,9)4-12-5-10-2-1-3-11-5/h1-3H,4H2. The van der Waals surface area contributed by atoms with Gasteiger partial charge in [0.2, 0.25) is 0 Å². The van der Waals surface area contributed by atoms with Crippen molar-refractivity contribution in [3.8, 4) is 0 Å². The Morgan fingerprint density at radius 2 is 1.83 bits per heavy atom. The van der Waals surface area contributed by atoms with Gasteiger partial charge in [-0.2, -0.15) is 13.2 Å². The molecule has 12 heavy (non-hydrogen) atoms. The summed E-state index contributed by atoms with van der Waals surface area (Å²) in [5, 5.41) is 0.148. The molecular formula is C6H5F3N2S. The molecule has 0 unspecified atom stereocenters. The fourth-order valence-electron chi connectivity index (χ4n) is 0.506. The summed E-state index contributed by atoms with van der Waals surface area (Å²) >= 11 is 0.580. The molecule has 0 atom stereocenters. The molecule has 0 N–H and O–H groups in total. The van der Waals surface area contributed by atoms with E-state index in [1.165, 1.54) is 12.4 Å². The van der Waals surface area contributed by atoms with Gasteiger partial charge in [-0.3, -0.25) is 0 Å². The SMILES string of the molecule is FC(F)(F)CSc1ncccn1. The van der Waals surface area contributed by atoms with Gasteiger partial charge in [0, 0.05) is 12.4 Å². The van der Waals surface area contributed by atoms with Crippen LogP contribution in [-0.4, -0.2) is 21.9 Å². The fraction of sp³-hybridized carbons (Fsp3) is 0.333. The minimum absolute atomic E-state index is 0.148. The molecule has 1 heterocycles. The maximum atomic E-state index is 11.7. The van der Waals surface area contributed by atoms with Crippen LogP contribution >= 0.6 is 11.8 Å². The molecule has 0 saturated heterocycles. The van der Waals surface area contributed by atoms with Crippen molar-refractivity contribution in [1.82, 2.24) is 9.97 Å². The van der Waals surface area contributed by atoms with Crippen LogP contribution in [0.5, 0.6) is 0 Å². The van der Waals surface area contributed by atoms with Crippen molar-refractivity contribution in [3.63, 3.8) is 0 Å². The van der Waals surface area contributed by atoms with E-state index in [2.05, 4.69) is 9.97 Å². The maximum absolute atomic E-state index is 11.7. The van der Waals surface area contributed by atoms with E-state index in [4.69, 9.17) is 0 Å². The summed E-state index contributed by atoms with van der Waals surface area (Å²) < 4.78 is 35.0. The van der Waals surface area contributed by atoms with Crippen molar-refractivity contribution in [2.75, 3.05) is 5.75 Å². The predicted molar refractivity (Wildman–Crippen MR) is 38.8 cm³/mol. The number of aromatic nitrogens is 2. The largest absolute Gasteiger partial charge is 0.398 e. The summed E-state index contributed by atoms with van der Waals surface area (Å²) in [6.07, 6.45) is -1.35. The molecule has 66 valence electrons. The Morgan fingerprint density at radius 1 is 1.25 bits per heavy atom. The van der Waals surface area contributed by atoms with Crippen LogP contribution in [0.25, 0.3) is 0 Å². The first-order chi connectivity index (χ1) is 5.58. The lowest BCUT2D eigenvalue weighted by Crippen LogP contribution is -2.10. The Labute approximate surface area is 71.2 Å². The lowest BCUT2D eigenvalue weighted by atomic mass is 10.7. The van der Waals surface area contributed by atoms with E-state index in [-0.39, 0.29) is 5.16 Å². The van der Waals surface area contributed by atoms with Crippen molar-refractivity contribution in [1.29, 1.82) is 0 Å². The van der Waals surface area contributed by atoms with E-state index < -0.39 is 11.9 Å². The van der Waals surface area contributed by atoms with Crippen LogP contribution < -0.4 is 0 Å². The minimum Gasteiger partial charge on any atom is -0.231 e. The van der Waals surface area contributed by atoms with Crippen LogP contribution in [0, 0.1) is 0 Å². The Kier molecular flexibility index (Phi) is 2.91. The number of hydrogen-bond donors (Lipinski definition) is 0. The van der Waals surface area contributed by atoms with Gasteiger partial charge < -0.3 is 0 Å². The third-order valence-electron chi connectivity index (χ3n) is 0.907. The highest BCUT2D eigenvalue weighted by molar-refractivity contribution is 7.99. The topological polar surface area (TPSA) is 25.8 Å². The summed E-state index contributed by atoms with van der Waals surface area (Å²) in [4.78, 5) is 7.27. The van der Waals surface area contributed by atoms with E-state index in [9.17, 15) is 13.2 Å². The van der Waals surface area contributed by atoms with E-state index in [0.717, 1.165) is 0 Å². The highest BCUT2D eigenvalue weighted by Crippen LogP contribution is 2.24. The smallest absolute Gasteiger partial charge is 0.231 e. The van der Waals surface area contributed by atoms with Gasteiger partial charge >= 0.3 is 6.18 Å². The monoisotopic (exact) mass is 194 g/mol. The second-order valence-corrected chi connectivity index (χ2v) is 2.88. The molecule has 0 aliphatic carbocycles. The van der Waals surface area contributed by atoms with Gasteiger partial charge in [-0.05, 0) is 6.07 Å². The summed E-state index contributed by atoms with van der Waals surface area (Å²) in [7, 11) is 0. The van der Waals surface area contributed by atoms with Crippen LogP contribution in [-0.2, 0) is 0 Å². The number of halogens is 3. The van der Waals surface area contributed by atoms with Gasteiger partial charge in [0.25, 0.3) is 0 Å². The van der Waals surface area contributed by atoms with Crippen molar-refractivity contribution < 1.29 is 13.2 Å². The molecule has 6 heteroatoms.